The standard InChI is InChI=1S/C14H24O4/c1-6-11(15)10(13(17)18-8-3)9-12(16)14(4,5)7-2/h10H,6-9H2,1-5H3. The van der Waals surface area contributed by atoms with E-state index in [2.05, 4.69) is 0 Å². The minimum absolute atomic E-state index is 0.0493. The van der Waals surface area contributed by atoms with Gasteiger partial charge < -0.3 is 4.74 Å². The van der Waals surface area contributed by atoms with Gasteiger partial charge in [0.05, 0.1) is 6.61 Å². The first-order chi connectivity index (χ1) is 8.30. The Bertz CT molecular complexity index is 318. The molecule has 0 N–H and O–H groups in total. The number of ether oxygens (including phenoxy) is 1. The second-order valence-electron chi connectivity index (χ2n) is 4.99. The first-order valence-electron chi connectivity index (χ1n) is 6.52. The third-order valence-electron chi connectivity index (χ3n) is 3.34. The van der Waals surface area contributed by atoms with E-state index in [0.717, 1.165) is 0 Å². The molecule has 0 bridgehead atoms. The van der Waals surface area contributed by atoms with Crippen LogP contribution in [0, 0.1) is 11.3 Å². The molecule has 4 heteroatoms. The van der Waals surface area contributed by atoms with Gasteiger partial charge in [0.15, 0.2) is 0 Å². The van der Waals surface area contributed by atoms with Crippen LogP contribution in [0.15, 0.2) is 0 Å². The molecular formula is C14H24O4. The molecule has 0 aliphatic rings. The molecule has 4 nitrogen and oxygen atoms in total. The molecule has 0 rings (SSSR count). The van der Waals surface area contributed by atoms with Crippen molar-refractivity contribution in [2.75, 3.05) is 6.61 Å². The van der Waals surface area contributed by atoms with Crippen LogP contribution in [-0.4, -0.2) is 24.1 Å². The van der Waals surface area contributed by atoms with Crippen LogP contribution in [0.3, 0.4) is 0 Å². The Morgan fingerprint density at radius 2 is 1.67 bits per heavy atom. The number of esters is 1. The highest BCUT2D eigenvalue weighted by atomic mass is 16.5. The Morgan fingerprint density at radius 1 is 1.11 bits per heavy atom. The van der Waals surface area contributed by atoms with Crippen molar-refractivity contribution in [3.63, 3.8) is 0 Å². The zero-order valence-corrected chi connectivity index (χ0v) is 12.0. The van der Waals surface area contributed by atoms with E-state index in [1.807, 2.05) is 20.8 Å². The fourth-order valence-corrected chi connectivity index (χ4v) is 1.48. The van der Waals surface area contributed by atoms with Crippen molar-refractivity contribution >= 4 is 17.5 Å². The summed E-state index contributed by atoms with van der Waals surface area (Å²) in [6.07, 6.45) is 0.872. The van der Waals surface area contributed by atoms with Gasteiger partial charge in [-0.05, 0) is 13.3 Å². The molecule has 1 atom stereocenters. The predicted octanol–water partition coefficient (Wildman–Crippen LogP) is 2.54. The van der Waals surface area contributed by atoms with Gasteiger partial charge in [-0.2, -0.15) is 0 Å². The summed E-state index contributed by atoms with van der Waals surface area (Å²) in [4.78, 5) is 35.5. The number of hydrogen-bond acceptors (Lipinski definition) is 4. The number of Topliss-reactive ketones (excluding diaryl/α,β-unsaturated/α-hetero) is 2. The normalized spacial score (nSPS) is 12.9. The van der Waals surface area contributed by atoms with E-state index >= 15 is 0 Å². The molecule has 0 aliphatic heterocycles. The van der Waals surface area contributed by atoms with E-state index in [0.29, 0.717) is 6.42 Å². The molecule has 0 saturated carbocycles. The van der Waals surface area contributed by atoms with E-state index in [-0.39, 0.29) is 31.0 Å². The Hall–Kier alpha value is -1.19. The van der Waals surface area contributed by atoms with Gasteiger partial charge in [0, 0.05) is 18.3 Å². The molecule has 0 aromatic heterocycles. The maximum absolute atomic E-state index is 12.1. The lowest BCUT2D eigenvalue weighted by Gasteiger charge is -2.23. The smallest absolute Gasteiger partial charge is 0.316 e. The fourth-order valence-electron chi connectivity index (χ4n) is 1.48. The van der Waals surface area contributed by atoms with Gasteiger partial charge >= 0.3 is 5.97 Å². The molecule has 0 fully saturated rings. The molecule has 0 radical (unpaired) electrons. The van der Waals surface area contributed by atoms with Crippen molar-refractivity contribution in [2.24, 2.45) is 11.3 Å². The summed E-state index contributed by atoms with van der Waals surface area (Å²) in [5.74, 6) is -1.81. The van der Waals surface area contributed by atoms with Crippen molar-refractivity contribution in [2.45, 2.75) is 53.9 Å². The van der Waals surface area contributed by atoms with Crippen LogP contribution >= 0.6 is 0 Å². The van der Waals surface area contributed by atoms with Gasteiger partial charge in [0.2, 0.25) is 0 Å². The average molecular weight is 256 g/mol. The van der Waals surface area contributed by atoms with Gasteiger partial charge in [0.25, 0.3) is 0 Å². The monoisotopic (exact) mass is 256 g/mol. The van der Waals surface area contributed by atoms with Crippen LogP contribution in [0.4, 0.5) is 0 Å². The molecule has 0 aromatic rings. The predicted molar refractivity (Wildman–Crippen MR) is 69.1 cm³/mol. The second-order valence-corrected chi connectivity index (χ2v) is 4.99. The van der Waals surface area contributed by atoms with E-state index in [1.165, 1.54) is 0 Å². The van der Waals surface area contributed by atoms with E-state index in [4.69, 9.17) is 4.74 Å². The van der Waals surface area contributed by atoms with Gasteiger partial charge in [-0.25, -0.2) is 0 Å². The van der Waals surface area contributed by atoms with E-state index in [1.54, 1.807) is 13.8 Å². The highest BCUT2D eigenvalue weighted by molar-refractivity contribution is 6.03. The maximum atomic E-state index is 12.1. The zero-order valence-electron chi connectivity index (χ0n) is 12.0. The fraction of sp³-hybridized carbons (Fsp3) is 0.786. The van der Waals surface area contributed by atoms with Crippen LogP contribution in [0.5, 0.6) is 0 Å². The molecule has 1 unspecified atom stereocenters. The maximum Gasteiger partial charge on any atom is 0.316 e. The molecular weight excluding hydrogens is 232 g/mol. The summed E-state index contributed by atoms with van der Waals surface area (Å²) in [7, 11) is 0. The van der Waals surface area contributed by atoms with E-state index in [9.17, 15) is 14.4 Å². The van der Waals surface area contributed by atoms with Crippen LogP contribution in [-0.2, 0) is 19.1 Å². The van der Waals surface area contributed by atoms with Crippen molar-refractivity contribution in [1.29, 1.82) is 0 Å². The topological polar surface area (TPSA) is 60.4 Å². The highest BCUT2D eigenvalue weighted by Gasteiger charge is 2.34. The Morgan fingerprint density at radius 3 is 2.06 bits per heavy atom. The van der Waals surface area contributed by atoms with Crippen molar-refractivity contribution in [3.05, 3.63) is 0 Å². The molecule has 0 heterocycles. The lowest BCUT2D eigenvalue weighted by Crippen LogP contribution is -2.33. The van der Waals surface area contributed by atoms with Crippen molar-refractivity contribution in [1.82, 2.24) is 0 Å². The summed E-state index contributed by atoms with van der Waals surface area (Å²) in [5, 5.41) is 0. The SMILES string of the molecule is CCOC(=O)C(CC(=O)C(C)(C)CC)C(=O)CC. The summed E-state index contributed by atoms with van der Waals surface area (Å²) >= 11 is 0. The number of carbonyl (C=O) groups is 3. The van der Waals surface area contributed by atoms with Crippen molar-refractivity contribution in [3.8, 4) is 0 Å². The van der Waals surface area contributed by atoms with Crippen LogP contribution < -0.4 is 0 Å². The molecule has 0 aliphatic carbocycles. The van der Waals surface area contributed by atoms with Crippen LogP contribution in [0.1, 0.15) is 53.9 Å². The summed E-state index contributed by atoms with van der Waals surface area (Å²) in [6, 6.07) is 0. The Balaban J connectivity index is 4.86. The van der Waals surface area contributed by atoms with Gasteiger partial charge in [0.1, 0.15) is 17.5 Å². The van der Waals surface area contributed by atoms with Crippen LogP contribution in [0.2, 0.25) is 0 Å². The quantitative estimate of drug-likeness (QED) is 0.494. The number of rotatable bonds is 8. The first-order valence-corrected chi connectivity index (χ1v) is 6.52. The summed E-state index contributed by atoms with van der Waals surface area (Å²) in [6.45, 7) is 9.16. The number of ketones is 2. The van der Waals surface area contributed by atoms with E-state index < -0.39 is 17.3 Å². The first kappa shape index (κ1) is 16.8. The second kappa shape index (κ2) is 7.29. The third-order valence-corrected chi connectivity index (χ3v) is 3.34. The average Bonchev–Trinajstić information content (AvgIpc) is 2.34. The Kier molecular flexibility index (Phi) is 6.81. The lowest BCUT2D eigenvalue weighted by atomic mass is 9.80. The number of carbonyl (C=O) groups excluding carboxylic acids is 3. The third kappa shape index (κ3) is 4.59. The van der Waals surface area contributed by atoms with Gasteiger partial charge in [-0.1, -0.05) is 27.7 Å². The Labute approximate surface area is 109 Å². The largest absolute Gasteiger partial charge is 0.465 e. The van der Waals surface area contributed by atoms with Gasteiger partial charge in [-0.15, -0.1) is 0 Å². The number of hydrogen-bond donors (Lipinski definition) is 0. The minimum Gasteiger partial charge on any atom is -0.465 e. The lowest BCUT2D eigenvalue weighted by molar-refractivity contribution is -0.154. The molecule has 0 saturated heterocycles. The molecule has 0 amide bonds. The molecule has 0 aromatic carbocycles. The van der Waals surface area contributed by atoms with Crippen molar-refractivity contribution < 1.29 is 19.1 Å². The minimum atomic E-state index is -0.937. The zero-order chi connectivity index (χ0) is 14.3. The molecule has 18 heavy (non-hydrogen) atoms. The van der Waals surface area contributed by atoms with Crippen LogP contribution in [0.25, 0.3) is 0 Å². The highest BCUT2D eigenvalue weighted by Crippen LogP contribution is 2.25. The molecule has 0 spiro atoms. The summed E-state index contributed by atoms with van der Waals surface area (Å²) < 4.78 is 4.86. The van der Waals surface area contributed by atoms with Gasteiger partial charge in [-0.3, -0.25) is 14.4 Å². The molecule has 104 valence electrons. The summed E-state index contributed by atoms with van der Waals surface area (Å²) in [5.41, 5.74) is -0.501.